The van der Waals surface area contributed by atoms with E-state index in [1.54, 1.807) is 42.5 Å². The average Bonchev–Trinajstić information content (AvgIpc) is 2.71. The predicted octanol–water partition coefficient (Wildman–Crippen LogP) is 1.35. The lowest BCUT2D eigenvalue weighted by molar-refractivity contribution is 0.100. The van der Waals surface area contributed by atoms with Crippen LogP contribution in [0.1, 0.15) is 15.9 Å². The van der Waals surface area contributed by atoms with Crippen LogP contribution < -0.4 is 11.1 Å². The number of carbonyl (C=O) groups excluding carboxylic acids is 1. The maximum atomic E-state index is 12.0. The van der Waals surface area contributed by atoms with Gasteiger partial charge in [0.05, 0.1) is 11.3 Å². The first-order valence-electron chi connectivity index (χ1n) is 6.09. The number of benzene rings is 2. The fourth-order valence-corrected chi connectivity index (χ4v) is 3.31. The van der Waals surface area contributed by atoms with Gasteiger partial charge in [-0.2, -0.15) is 8.42 Å². The summed E-state index contributed by atoms with van der Waals surface area (Å²) in [6, 6.07) is 13.1. The quantitative estimate of drug-likeness (QED) is 0.874. The van der Waals surface area contributed by atoms with E-state index < -0.39 is 15.9 Å². The number of sulfonamides is 1. The second-order valence-corrected chi connectivity index (χ2v) is 6.02. The van der Waals surface area contributed by atoms with Crippen molar-refractivity contribution in [2.24, 2.45) is 10.1 Å². The van der Waals surface area contributed by atoms with E-state index in [9.17, 15) is 13.2 Å². The molecule has 0 spiro atoms. The second-order valence-electron chi connectivity index (χ2n) is 4.45. The van der Waals surface area contributed by atoms with Crippen molar-refractivity contribution in [2.45, 2.75) is 4.90 Å². The van der Waals surface area contributed by atoms with Crippen molar-refractivity contribution in [2.75, 3.05) is 5.32 Å². The Morgan fingerprint density at radius 3 is 2.48 bits per heavy atom. The zero-order chi connectivity index (χ0) is 15.0. The maximum absolute atomic E-state index is 12.0. The third kappa shape index (κ3) is 2.27. The minimum atomic E-state index is -3.70. The summed E-state index contributed by atoms with van der Waals surface area (Å²) in [7, 11) is -3.70. The third-order valence-corrected chi connectivity index (χ3v) is 4.41. The molecule has 6 nitrogen and oxygen atoms in total. The molecule has 1 amide bonds. The van der Waals surface area contributed by atoms with Crippen LogP contribution >= 0.6 is 0 Å². The summed E-state index contributed by atoms with van der Waals surface area (Å²) in [5.74, 6) is -0.424. The molecule has 0 atom stereocenters. The first-order chi connectivity index (χ1) is 9.99. The third-order valence-electron chi connectivity index (χ3n) is 3.08. The number of amides is 1. The predicted molar refractivity (Wildman–Crippen MR) is 78.7 cm³/mol. The lowest BCUT2D eigenvalue weighted by Gasteiger charge is -2.09. The molecule has 0 bridgehead atoms. The van der Waals surface area contributed by atoms with Crippen molar-refractivity contribution in [3.8, 4) is 0 Å². The molecule has 1 heterocycles. The number of primary amides is 1. The van der Waals surface area contributed by atoms with Gasteiger partial charge in [0.15, 0.2) is 5.84 Å². The lowest BCUT2D eigenvalue weighted by Crippen LogP contribution is -2.18. The van der Waals surface area contributed by atoms with Gasteiger partial charge in [0.25, 0.3) is 15.9 Å². The molecule has 0 saturated carbocycles. The zero-order valence-electron chi connectivity index (χ0n) is 10.8. The highest BCUT2D eigenvalue weighted by Gasteiger charge is 2.28. The van der Waals surface area contributed by atoms with Crippen molar-refractivity contribution in [3.05, 3.63) is 59.7 Å². The van der Waals surface area contributed by atoms with Crippen LogP contribution in [-0.4, -0.2) is 20.2 Å². The first kappa shape index (κ1) is 13.3. The van der Waals surface area contributed by atoms with Crippen LogP contribution in [0, 0.1) is 0 Å². The molecule has 3 N–H and O–H groups in total. The number of nitrogens with two attached hydrogens (primary N) is 1. The summed E-state index contributed by atoms with van der Waals surface area (Å²) >= 11 is 0. The van der Waals surface area contributed by atoms with Gasteiger partial charge in [-0.05, 0) is 24.3 Å². The van der Waals surface area contributed by atoms with Crippen molar-refractivity contribution < 1.29 is 13.2 Å². The van der Waals surface area contributed by atoms with E-state index in [4.69, 9.17) is 5.73 Å². The van der Waals surface area contributed by atoms with E-state index in [0.717, 1.165) is 0 Å². The number of rotatable bonds is 2. The normalized spacial score (nSPS) is 15.1. The Bertz CT molecular complexity index is 873. The van der Waals surface area contributed by atoms with Crippen LogP contribution in [-0.2, 0) is 10.0 Å². The molecule has 2 aromatic carbocycles. The van der Waals surface area contributed by atoms with Crippen LogP contribution in [0.3, 0.4) is 0 Å². The first-order valence-corrected chi connectivity index (χ1v) is 7.53. The van der Waals surface area contributed by atoms with Gasteiger partial charge in [-0.25, -0.2) is 0 Å². The van der Waals surface area contributed by atoms with Crippen LogP contribution in [0.25, 0.3) is 0 Å². The van der Waals surface area contributed by atoms with E-state index in [2.05, 4.69) is 9.71 Å². The summed E-state index contributed by atoms with van der Waals surface area (Å²) < 4.78 is 27.6. The van der Waals surface area contributed by atoms with Crippen molar-refractivity contribution in [1.82, 2.24) is 0 Å². The minimum absolute atomic E-state index is 0.143. The average molecular weight is 301 g/mol. The smallest absolute Gasteiger partial charge is 0.285 e. The number of amidine groups is 1. The Morgan fingerprint density at radius 1 is 1.05 bits per heavy atom. The van der Waals surface area contributed by atoms with Gasteiger partial charge in [-0.1, -0.05) is 24.3 Å². The van der Waals surface area contributed by atoms with Crippen LogP contribution in [0.5, 0.6) is 0 Å². The number of para-hydroxylation sites is 1. The van der Waals surface area contributed by atoms with Gasteiger partial charge >= 0.3 is 0 Å². The molecule has 106 valence electrons. The van der Waals surface area contributed by atoms with Gasteiger partial charge in [0, 0.05) is 5.56 Å². The summed E-state index contributed by atoms with van der Waals surface area (Å²) in [6.45, 7) is 0. The molecule has 0 radical (unpaired) electrons. The second kappa shape index (κ2) is 4.71. The fourth-order valence-electron chi connectivity index (χ4n) is 2.13. The van der Waals surface area contributed by atoms with Gasteiger partial charge in [0.1, 0.15) is 4.90 Å². The summed E-state index contributed by atoms with van der Waals surface area (Å²) in [5.41, 5.74) is 6.45. The lowest BCUT2D eigenvalue weighted by atomic mass is 10.1. The number of hydrogen-bond donors (Lipinski definition) is 2. The highest BCUT2D eigenvalue weighted by molar-refractivity contribution is 7.90. The highest BCUT2D eigenvalue weighted by atomic mass is 32.2. The van der Waals surface area contributed by atoms with Crippen LogP contribution in [0.4, 0.5) is 5.69 Å². The van der Waals surface area contributed by atoms with Crippen molar-refractivity contribution >= 4 is 27.5 Å². The number of carbonyl (C=O) groups is 1. The molecule has 7 heteroatoms. The van der Waals surface area contributed by atoms with Gasteiger partial charge in [0.2, 0.25) is 0 Å². The molecule has 0 fully saturated rings. The van der Waals surface area contributed by atoms with E-state index in [0.29, 0.717) is 11.3 Å². The molecule has 0 saturated heterocycles. The number of anilines is 1. The SMILES string of the molecule is NC(=O)c1ccccc1NC1=NS(=O)(=O)c2ccccc21. The molecule has 0 aromatic heterocycles. The van der Waals surface area contributed by atoms with Gasteiger partial charge in [-0.15, -0.1) is 4.40 Å². The number of nitrogens with one attached hydrogen (secondary N) is 1. The Hall–Kier alpha value is -2.67. The number of nitrogens with zero attached hydrogens (tertiary/aromatic N) is 1. The molecule has 0 aliphatic carbocycles. The van der Waals surface area contributed by atoms with E-state index in [-0.39, 0.29) is 16.3 Å². The zero-order valence-corrected chi connectivity index (χ0v) is 11.6. The van der Waals surface area contributed by atoms with Crippen LogP contribution in [0.2, 0.25) is 0 Å². The monoisotopic (exact) mass is 301 g/mol. The molecule has 21 heavy (non-hydrogen) atoms. The maximum Gasteiger partial charge on any atom is 0.285 e. The summed E-state index contributed by atoms with van der Waals surface area (Å²) in [6.07, 6.45) is 0. The molecule has 3 rings (SSSR count). The molecule has 1 aliphatic rings. The minimum Gasteiger partial charge on any atom is -0.366 e. The van der Waals surface area contributed by atoms with Crippen molar-refractivity contribution in [1.29, 1.82) is 0 Å². The van der Waals surface area contributed by atoms with Crippen LogP contribution in [0.15, 0.2) is 57.8 Å². The topological polar surface area (TPSA) is 102 Å². The highest BCUT2D eigenvalue weighted by Crippen LogP contribution is 2.27. The summed E-state index contributed by atoms with van der Waals surface area (Å²) in [5, 5.41) is 2.87. The van der Waals surface area contributed by atoms with E-state index >= 15 is 0 Å². The van der Waals surface area contributed by atoms with E-state index in [1.165, 1.54) is 6.07 Å². The van der Waals surface area contributed by atoms with E-state index in [1.807, 2.05) is 0 Å². The molecule has 0 unspecified atom stereocenters. The molecule has 1 aliphatic heterocycles. The Balaban J connectivity index is 2.07. The largest absolute Gasteiger partial charge is 0.366 e. The van der Waals surface area contributed by atoms with Gasteiger partial charge in [-0.3, -0.25) is 4.79 Å². The Kier molecular flexibility index (Phi) is 2.99. The number of hydrogen-bond acceptors (Lipinski definition) is 4. The summed E-state index contributed by atoms with van der Waals surface area (Å²) in [4.78, 5) is 11.5. The van der Waals surface area contributed by atoms with Gasteiger partial charge < -0.3 is 11.1 Å². The fraction of sp³-hybridized carbons (Fsp3) is 0. The standard InChI is InChI=1S/C14H11N3O3S/c15-13(18)9-5-1-3-7-11(9)16-14-10-6-2-4-8-12(10)21(19,20)17-14/h1-8H,(H2,15,18)(H,16,17). The molecule has 2 aromatic rings. The Morgan fingerprint density at radius 2 is 1.71 bits per heavy atom. The Labute approximate surface area is 121 Å². The molecular formula is C14H11N3O3S. The molecular weight excluding hydrogens is 290 g/mol. The number of fused-ring (bicyclic) bond motifs is 1. The van der Waals surface area contributed by atoms with Crippen molar-refractivity contribution in [3.63, 3.8) is 0 Å².